The van der Waals surface area contributed by atoms with Crippen LogP contribution in [0.2, 0.25) is 0 Å². The quantitative estimate of drug-likeness (QED) is 0.665. The lowest BCUT2D eigenvalue weighted by atomic mass is 10.1. The minimum atomic E-state index is -0.292. The molecule has 0 spiro atoms. The van der Waals surface area contributed by atoms with E-state index in [0.29, 0.717) is 23.5 Å². The topological polar surface area (TPSA) is 104 Å². The van der Waals surface area contributed by atoms with Crippen LogP contribution in [0.5, 0.6) is 0 Å². The first-order valence-electron chi connectivity index (χ1n) is 9.68. The Morgan fingerprint density at radius 3 is 2.17 bits per heavy atom. The summed E-state index contributed by atoms with van der Waals surface area (Å²) >= 11 is 0. The molecule has 1 atom stereocenters. The molecular formula is C21H26N4O4. The molecule has 0 radical (unpaired) electrons. The highest BCUT2D eigenvalue weighted by Crippen LogP contribution is 2.25. The minimum absolute atomic E-state index is 0.0372. The van der Waals surface area contributed by atoms with Crippen LogP contribution in [0.25, 0.3) is 0 Å². The van der Waals surface area contributed by atoms with Gasteiger partial charge in [0, 0.05) is 37.3 Å². The van der Waals surface area contributed by atoms with Crippen LogP contribution in [-0.2, 0) is 9.59 Å². The van der Waals surface area contributed by atoms with Gasteiger partial charge in [-0.2, -0.15) is 0 Å². The number of rotatable bonds is 7. The second-order valence-electron chi connectivity index (χ2n) is 7.15. The number of carbonyl (C=O) groups is 3. The van der Waals surface area contributed by atoms with Crippen molar-refractivity contribution in [1.29, 1.82) is 0 Å². The van der Waals surface area contributed by atoms with Crippen molar-refractivity contribution in [2.24, 2.45) is 0 Å². The number of likely N-dealkylation sites (tertiary alicyclic amines) is 1. The van der Waals surface area contributed by atoms with E-state index >= 15 is 0 Å². The highest BCUT2D eigenvalue weighted by molar-refractivity contribution is 5.99. The maximum atomic E-state index is 12.8. The summed E-state index contributed by atoms with van der Waals surface area (Å²) in [6.45, 7) is 5.09. The number of hydrogen-bond donors (Lipinski definition) is 3. The van der Waals surface area contributed by atoms with Gasteiger partial charge < -0.3 is 20.4 Å². The summed E-state index contributed by atoms with van der Waals surface area (Å²) in [5.74, 6) is 0.00388. The molecule has 1 aromatic heterocycles. The van der Waals surface area contributed by atoms with Gasteiger partial charge in [0.15, 0.2) is 0 Å². The zero-order valence-electron chi connectivity index (χ0n) is 16.7. The molecule has 8 heteroatoms. The molecule has 0 aliphatic carbocycles. The molecule has 3 N–H and O–H groups in total. The average Bonchev–Trinajstić information content (AvgIpc) is 3.35. The standard InChI is InChI=1S/C21H26N4O4/c1-14(26)23-17-10-16(11-18(12-17)24-15(2)27)21(28)22-13-19(20-6-5-9-29-20)25-7-3-4-8-25/h5-6,9-12,19H,3-4,7-8,13H2,1-2H3,(H,22,28)(H,23,26)(H,24,27). The number of nitrogens with zero attached hydrogens (tertiary/aromatic N) is 1. The number of anilines is 2. The van der Waals surface area contributed by atoms with Gasteiger partial charge in [-0.3, -0.25) is 19.3 Å². The lowest BCUT2D eigenvalue weighted by molar-refractivity contribution is -0.115. The van der Waals surface area contributed by atoms with Gasteiger partial charge in [-0.05, 0) is 56.3 Å². The molecule has 0 bridgehead atoms. The van der Waals surface area contributed by atoms with Crippen molar-refractivity contribution in [3.8, 4) is 0 Å². The van der Waals surface area contributed by atoms with E-state index in [-0.39, 0.29) is 23.8 Å². The Hall–Kier alpha value is -3.13. The van der Waals surface area contributed by atoms with Crippen molar-refractivity contribution >= 4 is 29.1 Å². The summed E-state index contributed by atoms with van der Waals surface area (Å²) in [6.07, 6.45) is 3.89. The summed E-state index contributed by atoms with van der Waals surface area (Å²) < 4.78 is 5.58. The van der Waals surface area contributed by atoms with Crippen molar-refractivity contribution in [3.05, 3.63) is 47.9 Å². The zero-order chi connectivity index (χ0) is 20.8. The number of amides is 3. The Kier molecular flexibility index (Phi) is 6.66. The van der Waals surface area contributed by atoms with E-state index in [2.05, 4.69) is 20.9 Å². The van der Waals surface area contributed by atoms with Gasteiger partial charge in [0.05, 0.1) is 12.3 Å². The van der Waals surface area contributed by atoms with Gasteiger partial charge >= 0.3 is 0 Å². The molecule has 2 aromatic rings. The summed E-state index contributed by atoms with van der Waals surface area (Å²) in [5.41, 5.74) is 1.23. The first kappa shape index (κ1) is 20.6. The molecule has 3 amide bonds. The highest BCUT2D eigenvalue weighted by atomic mass is 16.3. The average molecular weight is 398 g/mol. The van der Waals surface area contributed by atoms with E-state index in [0.717, 1.165) is 31.7 Å². The van der Waals surface area contributed by atoms with Crippen molar-refractivity contribution in [2.75, 3.05) is 30.3 Å². The molecule has 3 rings (SSSR count). The van der Waals surface area contributed by atoms with Crippen molar-refractivity contribution < 1.29 is 18.8 Å². The number of carbonyl (C=O) groups excluding carboxylic acids is 3. The fraction of sp³-hybridized carbons (Fsp3) is 0.381. The molecule has 1 fully saturated rings. The summed E-state index contributed by atoms with van der Waals surface area (Å²) in [4.78, 5) is 37.9. The van der Waals surface area contributed by atoms with Crippen LogP contribution in [0.4, 0.5) is 11.4 Å². The smallest absolute Gasteiger partial charge is 0.251 e. The zero-order valence-corrected chi connectivity index (χ0v) is 16.7. The molecule has 1 aromatic carbocycles. The molecule has 0 saturated carbocycles. The van der Waals surface area contributed by atoms with Gasteiger partial charge in [-0.15, -0.1) is 0 Å². The first-order chi connectivity index (χ1) is 13.9. The second kappa shape index (κ2) is 9.38. The summed E-state index contributed by atoms with van der Waals surface area (Å²) in [5, 5.41) is 8.26. The maximum absolute atomic E-state index is 12.8. The lowest BCUT2D eigenvalue weighted by Gasteiger charge is -2.26. The molecule has 2 heterocycles. The van der Waals surface area contributed by atoms with E-state index in [1.54, 1.807) is 24.5 Å². The van der Waals surface area contributed by atoms with Gasteiger partial charge in [-0.1, -0.05) is 0 Å². The molecular weight excluding hydrogens is 372 g/mol. The molecule has 1 aliphatic rings. The molecule has 154 valence electrons. The van der Waals surface area contributed by atoms with Crippen LogP contribution < -0.4 is 16.0 Å². The van der Waals surface area contributed by atoms with E-state index in [9.17, 15) is 14.4 Å². The third-order valence-electron chi connectivity index (χ3n) is 4.74. The molecule has 1 aliphatic heterocycles. The number of furan rings is 1. The Morgan fingerprint density at radius 1 is 1.03 bits per heavy atom. The molecule has 1 unspecified atom stereocenters. The summed E-state index contributed by atoms with van der Waals surface area (Å²) in [7, 11) is 0. The van der Waals surface area contributed by atoms with Crippen LogP contribution in [0.15, 0.2) is 41.0 Å². The Labute approximate surface area is 169 Å². The van der Waals surface area contributed by atoms with Gasteiger partial charge in [0.1, 0.15) is 5.76 Å². The first-order valence-corrected chi connectivity index (χ1v) is 9.68. The normalized spacial score (nSPS) is 15.0. The van der Waals surface area contributed by atoms with E-state index < -0.39 is 0 Å². The predicted molar refractivity (Wildman–Crippen MR) is 110 cm³/mol. The molecule has 8 nitrogen and oxygen atoms in total. The summed E-state index contributed by atoms with van der Waals surface area (Å²) in [6, 6.07) is 8.50. The van der Waals surface area contributed by atoms with Crippen LogP contribution in [0, 0.1) is 0 Å². The monoisotopic (exact) mass is 398 g/mol. The molecule has 29 heavy (non-hydrogen) atoms. The number of nitrogens with one attached hydrogen (secondary N) is 3. The van der Waals surface area contributed by atoms with Crippen LogP contribution in [-0.4, -0.2) is 42.3 Å². The Morgan fingerprint density at radius 2 is 1.66 bits per heavy atom. The maximum Gasteiger partial charge on any atom is 0.251 e. The van der Waals surface area contributed by atoms with E-state index in [1.807, 2.05) is 12.1 Å². The third kappa shape index (κ3) is 5.68. The van der Waals surface area contributed by atoms with Gasteiger partial charge in [0.25, 0.3) is 5.91 Å². The number of benzene rings is 1. The second-order valence-corrected chi connectivity index (χ2v) is 7.15. The highest BCUT2D eigenvalue weighted by Gasteiger charge is 2.26. The van der Waals surface area contributed by atoms with Gasteiger partial charge in [-0.25, -0.2) is 0 Å². The number of hydrogen-bond acceptors (Lipinski definition) is 5. The van der Waals surface area contributed by atoms with Gasteiger partial charge in [0.2, 0.25) is 11.8 Å². The largest absolute Gasteiger partial charge is 0.468 e. The fourth-order valence-corrected chi connectivity index (χ4v) is 3.54. The SMILES string of the molecule is CC(=O)Nc1cc(NC(C)=O)cc(C(=O)NCC(c2ccco2)N2CCCC2)c1. The lowest BCUT2D eigenvalue weighted by Crippen LogP contribution is -2.36. The third-order valence-corrected chi connectivity index (χ3v) is 4.74. The fourth-order valence-electron chi connectivity index (χ4n) is 3.54. The molecule has 1 saturated heterocycles. The minimum Gasteiger partial charge on any atom is -0.468 e. The van der Waals surface area contributed by atoms with Crippen LogP contribution in [0.3, 0.4) is 0 Å². The predicted octanol–water partition coefficient (Wildman–Crippen LogP) is 2.76. The van der Waals surface area contributed by atoms with Crippen molar-refractivity contribution in [1.82, 2.24) is 10.2 Å². The van der Waals surface area contributed by atoms with E-state index in [1.165, 1.54) is 13.8 Å². The van der Waals surface area contributed by atoms with Crippen LogP contribution in [0.1, 0.15) is 48.8 Å². The van der Waals surface area contributed by atoms with Crippen LogP contribution >= 0.6 is 0 Å². The van der Waals surface area contributed by atoms with E-state index in [4.69, 9.17) is 4.42 Å². The van der Waals surface area contributed by atoms with Crippen molar-refractivity contribution in [2.45, 2.75) is 32.7 Å². The Balaban J connectivity index is 1.75. The Bertz CT molecular complexity index is 839. The van der Waals surface area contributed by atoms with Crippen molar-refractivity contribution in [3.63, 3.8) is 0 Å².